The lowest BCUT2D eigenvalue weighted by Crippen LogP contribution is -2.32. The summed E-state index contributed by atoms with van der Waals surface area (Å²) in [6.07, 6.45) is 5.52. The number of amides is 1. The Bertz CT molecular complexity index is 301. The highest BCUT2D eigenvalue weighted by Gasteiger charge is 2.27. The third kappa shape index (κ3) is 5.06. The molecule has 2 fully saturated rings. The van der Waals surface area contributed by atoms with Gasteiger partial charge in [0.2, 0.25) is 5.91 Å². The molecule has 0 aromatic rings. The van der Waals surface area contributed by atoms with Gasteiger partial charge in [0.1, 0.15) is 0 Å². The first-order valence-corrected chi connectivity index (χ1v) is 8.25. The number of likely N-dealkylation sites (tertiary alicyclic amines) is 1. The molecule has 0 saturated carbocycles. The van der Waals surface area contributed by atoms with Crippen LogP contribution in [-0.2, 0) is 9.53 Å². The molecule has 1 N–H and O–H groups in total. The highest BCUT2D eigenvalue weighted by molar-refractivity contribution is 5.76. The molecule has 2 saturated heterocycles. The summed E-state index contributed by atoms with van der Waals surface area (Å²) >= 11 is 0. The third-order valence-corrected chi connectivity index (χ3v) is 4.39. The normalized spacial score (nSPS) is 24.6. The van der Waals surface area contributed by atoms with Crippen LogP contribution in [0.2, 0.25) is 0 Å². The van der Waals surface area contributed by atoms with Gasteiger partial charge in [0.25, 0.3) is 0 Å². The van der Waals surface area contributed by atoms with Crippen LogP contribution in [0.3, 0.4) is 0 Å². The number of carbonyl (C=O) groups is 1. The Morgan fingerprint density at radius 2 is 2.05 bits per heavy atom. The second kappa shape index (κ2) is 7.99. The fourth-order valence-corrected chi connectivity index (χ4v) is 3.08. The van der Waals surface area contributed by atoms with E-state index in [9.17, 15) is 4.79 Å². The molecular weight excluding hydrogens is 252 g/mol. The predicted molar refractivity (Wildman–Crippen MR) is 80.6 cm³/mol. The van der Waals surface area contributed by atoms with Gasteiger partial charge >= 0.3 is 0 Å². The van der Waals surface area contributed by atoms with Crippen molar-refractivity contribution in [2.45, 2.75) is 52.1 Å². The minimum Gasteiger partial charge on any atom is -0.376 e. The summed E-state index contributed by atoms with van der Waals surface area (Å²) in [5, 5.41) is 3.37. The minimum atomic E-state index is 0.264. The van der Waals surface area contributed by atoms with Gasteiger partial charge in [-0.2, -0.15) is 0 Å². The Balaban J connectivity index is 1.63. The number of nitrogens with one attached hydrogen (secondary N) is 1. The van der Waals surface area contributed by atoms with E-state index in [1.165, 1.54) is 12.8 Å². The van der Waals surface area contributed by atoms with Crippen LogP contribution >= 0.6 is 0 Å². The van der Waals surface area contributed by atoms with Crippen molar-refractivity contribution in [1.29, 1.82) is 0 Å². The Hall–Kier alpha value is -0.610. The molecule has 2 rings (SSSR count). The third-order valence-electron chi connectivity index (χ3n) is 4.39. The van der Waals surface area contributed by atoms with Crippen molar-refractivity contribution in [2.24, 2.45) is 11.8 Å². The average Bonchev–Trinajstić information content (AvgIpc) is 2.92. The van der Waals surface area contributed by atoms with E-state index in [-0.39, 0.29) is 6.10 Å². The molecular formula is C16H30N2O2. The van der Waals surface area contributed by atoms with Gasteiger partial charge in [-0.25, -0.2) is 0 Å². The minimum absolute atomic E-state index is 0.264. The summed E-state index contributed by atoms with van der Waals surface area (Å²) in [6.45, 7) is 9.06. The van der Waals surface area contributed by atoms with Crippen molar-refractivity contribution >= 4 is 5.91 Å². The van der Waals surface area contributed by atoms with E-state index < -0.39 is 0 Å². The van der Waals surface area contributed by atoms with Crippen LogP contribution in [0.5, 0.6) is 0 Å². The lowest BCUT2D eigenvalue weighted by atomic mass is 9.93. The fourth-order valence-electron chi connectivity index (χ4n) is 3.08. The zero-order chi connectivity index (χ0) is 14.4. The second-order valence-corrected chi connectivity index (χ2v) is 6.71. The highest BCUT2D eigenvalue weighted by atomic mass is 16.5. The van der Waals surface area contributed by atoms with Gasteiger partial charge in [-0.15, -0.1) is 0 Å². The number of carbonyl (C=O) groups excluding carboxylic acids is 1. The van der Waals surface area contributed by atoms with Gasteiger partial charge in [-0.05, 0) is 50.6 Å². The number of ether oxygens (including phenoxy) is 1. The molecule has 0 aromatic carbocycles. The number of rotatable bonds is 6. The Labute approximate surface area is 123 Å². The molecule has 1 atom stereocenters. The highest BCUT2D eigenvalue weighted by Crippen LogP contribution is 2.20. The molecule has 0 aromatic heterocycles. The van der Waals surface area contributed by atoms with Crippen LogP contribution in [0.25, 0.3) is 0 Å². The Morgan fingerprint density at radius 1 is 1.30 bits per heavy atom. The summed E-state index contributed by atoms with van der Waals surface area (Å²) in [5.74, 6) is 1.65. The van der Waals surface area contributed by atoms with Gasteiger partial charge in [0, 0.05) is 26.1 Å². The molecule has 0 bridgehead atoms. The van der Waals surface area contributed by atoms with Gasteiger partial charge in [0.05, 0.1) is 6.10 Å². The van der Waals surface area contributed by atoms with Crippen molar-refractivity contribution in [2.75, 3.05) is 32.8 Å². The standard InChI is InChI=1S/C16H30N2O2/c1-13(2)12-20-15-7-10-18(11-15)16(19)4-3-14-5-8-17-9-6-14/h13-15,17H,3-12H2,1-2H3. The lowest BCUT2D eigenvalue weighted by Gasteiger charge is -2.23. The molecule has 0 radical (unpaired) electrons. The van der Waals surface area contributed by atoms with Crippen molar-refractivity contribution < 1.29 is 9.53 Å². The molecule has 2 heterocycles. The number of nitrogens with zero attached hydrogens (tertiary/aromatic N) is 1. The first kappa shape index (κ1) is 15.8. The van der Waals surface area contributed by atoms with Gasteiger partial charge < -0.3 is 15.0 Å². The quantitative estimate of drug-likeness (QED) is 0.810. The van der Waals surface area contributed by atoms with Crippen LogP contribution in [-0.4, -0.2) is 49.7 Å². The van der Waals surface area contributed by atoms with E-state index in [1.54, 1.807) is 0 Å². The summed E-state index contributed by atoms with van der Waals surface area (Å²) in [7, 11) is 0. The van der Waals surface area contributed by atoms with Crippen LogP contribution < -0.4 is 5.32 Å². The first-order valence-electron chi connectivity index (χ1n) is 8.25. The van der Waals surface area contributed by atoms with Gasteiger partial charge in [-0.3, -0.25) is 4.79 Å². The molecule has 0 aliphatic carbocycles. The molecule has 2 aliphatic rings. The summed E-state index contributed by atoms with van der Waals surface area (Å²) in [5.41, 5.74) is 0. The number of hydrogen-bond donors (Lipinski definition) is 1. The molecule has 1 amide bonds. The summed E-state index contributed by atoms with van der Waals surface area (Å²) in [4.78, 5) is 14.2. The van der Waals surface area contributed by atoms with Crippen molar-refractivity contribution in [3.63, 3.8) is 0 Å². The largest absolute Gasteiger partial charge is 0.376 e. The van der Waals surface area contributed by atoms with Crippen LogP contribution in [0.15, 0.2) is 0 Å². The molecule has 20 heavy (non-hydrogen) atoms. The number of hydrogen-bond acceptors (Lipinski definition) is 3. The van der Waals surface area contributed by atoms with Crippen molar-refractivity contribution in [1.82, 2.24) is 10.2 Å². The summed E-state index contributed by atoms with van der Waals surface area (Å²) < 4.78 is 5.84. The second-order valence-electron chi connectivity index (χ2n) is 6.71. The van der Waals surface area contributed by atoms with E-state index in [1.807, 2.05) is 4.90 Å². The fraction of sp³-hybridized carbons (Fsp3) is 0.938. The smallest absolute Gasteiger partial charge is 0.222 e. The van der Waals surface area contributed by atoms with E-state index in [0.29, 0.717) is 11.8 Å². The van der Waals surface area contributed by atoms with E-state index in [2.05, 4.69) is 19.2 Å². The molecule has 4 nitrogen and oxygen atoms in total. The topological polar surface area (TPSA) is 41.6 Å². The van der Waals surface area contributed by atoms with Crippen molar-refractivity contribution in [3.05, 3.63) is 0 Å². The maximum atomic E-state index is 12.2. The predicted octanol–water partition coefficient (Wildman–Crippen LogP) is 2.04. The molecule has 1 unspecified atom stereocenters. The zero-order valence-electron chi connectivity index (χ0n) is 13.1. The Morgan fingerprint density at radius 3 is 2.75 bits per heavy atom. The molecule has 2 aliphatic heterocycles. The van der Waals surface area contributed by atoms with E-state index >= 15 is 0 Å². The van der Waals surface area contributed by atoms with Crippen LogP contribution in [0.1, 0.15) is 46.0 Å². The molecule has 4 heteroatoms. The SMILES string of the molecule is CC(C)COC1CCN(C(=O)CCC2CCNCC2)C1. The zero-order valence-corrected chi connectivity index (χ0v) is 13.1. The average molecular weight is 282 g/mol. The summed E-state index contributed by atoms with van der Waals surface area (Å²) in [6, 6.07) is 0. The van der Waals surface area contributed by atoms with Gasteiger partial charge in [0.15, 0.2) is 0 Å². The monoisotopic (exact) mass is 282 g/mol. The van der Waals surface area contributed by atoms with Crippen LogP contribution in [0, 0.1) is 11.8 Å². The van der Waals surface area contributed by atoms with Crippen LogP contribution in [0.4, 0.5) is 0 Å². The van der Waals surface area contributed by atoms with E-state index in [4.69, 9.17) is 4.74 Å². The van der Waals surface area contributed by atoms with E-state index in [0.717, 1.165) is 58.0 Å². The maximum absolute atomic E-state index is 12.2. The maximum Gasteiger partial charge on any atom is 0.222 e. The van der Waals surface area contributed by atoms with Gasteiger partial charge in [-0.1, -0.05) is 13.8 Å². The number of piperidine rings is 1. The molecule has 116 valence electrons. The lowest BCUT2D eigenvalue weighted by molar-refractivity contribution is -0.131. The van der Waals surface area contributed by atoms with Crippen molar-refractivity contribution in [3.8, 4) is 0 Å². The molecule has 0 spiro atoms. The Kier molecular flexibility index (Phi) is 6.30. The first-order chi connectivity index (χ1) is 9.65.